The number of nitrogens with zero attached hydrogens (tertiary/aromatic N) is 4. The molecule has 0 radical (unpaired) electrons. The fraction of sp³-hybridized carbons (Fsp3) is 0.219. The summed E-state index contributed by atoms with van der Waals surface area (Å²) in [6.07, 6.45) is -7.42. The van der Waals surface area contributed by atoms with Crippen LogP contribution in [-0.2, 0) is 28.9 Å². The highest BCUT2D eigenvalue weighted by Gasteiger charge is 2.34. The lowest BCUT2D eigenvalue weighted by Crippen LogP contribution is -2.48. The molecule has 0 N–H and O–H groups in total. The van der Waals surface area contributed by atoms with Gasteiger partial charge in [-0.3, -0.25) is 4.90 Å². The standard InChI is InChI=1S/C32H26F6N4O2S/c33-31(34,35)25-9-4-8-23(18-25)24-12-13-29-39-30(22-6-2-1-3-7-22)28(42(29)20-24)21-40-14-16-41(17-15-40)45(43,44)27-11-5-10-26(19-27)32(36,37)38/h1-13,18-20H,14-17,21H2. The van der Waals surface area contributed by atoms with E-state index in [9.17, 15) is 34.8 Å². The molecule has 1 aliphatic rings. The molecule has 0 spiro atoms. The number of hydrogen-bond acceptors (Lipinski definition) is 4. The monoisotopic (exact) mass is 644 g/mol. The molecule has 1 saturated heterocycles. The summed E-state index contributed by atoms with van der Waals surface area (Å²) < 4.78 is 109. The van der Waals surface area contributed by atoms with Crippen molar-refractivity contribution in [1.82, 2.24) is 18.6 Å². The van der Waals surface area contributed by atoms with Crippen LogP contribution in [0.1, 0.15) is 16.8 Å². The molecule has 0 amide bonds. The average molecular weight is 645 g/mol. The van der Waals surface area contributed by atoms with Crippen LogP contribution in [0.5, 0.6) is 0 Å². The van der Waals surface area contributed by atoms with Gasteiger partial charge in [0.25, 0.3) is 0 Å². The Morgan fingerprint density at radius 2 is 1.29 bits per heavy atom. The van der Waals surface area contributed by atoms with Crippen molar-refractivity contribution in [1.29, 1.82) is 0 Å². The van der Waals surface area contributed by atoms with Gasteiger partial charge in [-0.1, -0.05) is 48.5 Å². The van der Waals surface area contributed by atoms with Gasteiger partial charge in [-0.25, -0.2) is 13.4 Å². The van der Waals surface area contributed by atoms with Gasteiger partial charge >= 0.3 is 12.4 Å². The van der Waals surface area contributed by atoms with E-state index < -0.39 is 38.4 Å². The fourth-order valence-electron chi connectivity index (χ4n) is 5.44. The number of imidazole rings is 1. The molecule has 3 aromatic carbocycles. The topological polar surface area (TPSA) is 57.9 Å². The van der Waals surface area contributed by atoms with Crippen LogP contribution in [0.3, 0.4) is 0 Å². The van der Waals surface area contributed by atoms with E-state index in [-0.39, 0.29) is 13.1 Å². The van der Waals surface area contributed by atoms with Crippen molar-refractivity contribution in [2.75, 3.05) is 26.2 Å². The summed E-state index contributed by atoms with van der Waals surface area (Å²) in [7, 11) is -4.16. The SMILES string of the molecule is O=S(=O)(c1cccc(C(F)(F)F)c1)N1CCN(Cc2c(-c3ccccc3)nc3ccc(-c4cccc(C(F)(F)F)c4)cn23)CC1. The van der Waals surface area contributed by atoms with Crippen molar-refractivity contribution in [3.63, 3.8) is 0 Å². The van der Waals surface area contributed by atoms with Gasteiger partial charge in [0, 0.05) is 44.5 Å². The molecule has 0 atom stereocenters. The van der Waals surface area contributed by atoms with Gasteiger partial charge in [0.1, 0.15) is 5.65 Å². The van der Waals surface area contributed by atoms with Crippen LogP contribution >= 0.6 is 0 Å². The number of rotatable bonds is 6. The van der Waals surface area contributed by atoms with Gasteiger partial charge in [0.2, 0.25) is 10.0 Å². The Hall–Kier alpha value is -4.20. The fourth-order valence-corrected chi connectivity index (χ4v) is 6.91. The van der Waals surface area contributed by atoms with Crippen molar-refractivity contribution in [3.8, 4) is 22.4 Å². The number of benzene rings is 3. The van der Waals surface area contributed by atoms with E-state index in [4.69, 9.17) is 4.98 Å². The zero-order chi connectivity index (χ0) is 32.0. The Kier molecular flexibility index (Phi) is 7.96. The van der Waals surface area contributed by atoms with Crippen LogP contribution < -0.4 is 0 Å². The molecule has 6 nitrogen and oxygen atoms in total. The van der Waals surface area contributed by atoms with E-state index in [1.54, 1.807) is 24.4 Å². The van der Waals surface area contributed by atoms with Gasteiger partial charge < -0.3 is 4.40 Å². The molecule has 6 rings (SSSR count). The lowest BCUT2D eigenvalue weighted by molar-refractivity contribution is -0.138. The minimum Gasteiger partial charge on any atom is -0.301 e. The summed E-state index contributed by atoms with van der Waals surface area (Å²) in [5.74, 6) is 0. The van der Waals surface area contributed by atoms with E-state index in [1.807, 2.05) is 39.6 Å². The summed E-state index contributed by atoms with van der Waals surface area (Å²) in [5, 5.41) is 0. The smallest absolute Gasteiger partial charge is 0.301 e. The van der Waals surface area contributed by atoms with Crippen molar-refractivity contribution >= 4 is 15.7 Å². The molecule has 0 aliphatic carbocycles. The number of hydrogen-bond donors (Lipinski definition) is 0. The van der Waals surface area contributed by atoms with Gasteiger partial charge in [0.05, 0.1) is 27.4 Å². The highest BCUT2D eigenvalue weighted by Crippen LogP contribution is 2.34. The third-order valence-corrected chi connectivity index (χ3v) is 9.69. The summed E-state index contributed by atoms with van der Waals surface area (Å²) in [6, 6.07) is 21.7. The van der Waals surface area contributed by atoms with Crippen molar-refractivity contribution in [3.05, 3.63) is 114 Å². The van der Waals surface area contributed by atoms with Crippen LogP contribution in [0.15, 0.2) is 102 Å². The highest BCUT2D eigenvalue weighted by atomic mass is 32.2. The minimum absolute atomic E-state index is 0.0610. The largest absolute Gasteiger partial charge is 0.416 e. The molecule has 13 heteroatoms. The van der Waals surface area contributed by atoms with Crippen LogP contribution in [-0.4, -0.2) is 53.2 Å². The molecule has 3 heterocycles. The first-order valence-corrected chi connectivity index (χ1v) is 15.4. The quantitative estimate of drug-likeness (QED) is 0.183. The Bertz CT molecular complexity index is 1950. The Labute approximate surface area is 255 Å². The maximum atomic E-state index is 13.4. The average Bonchev–Trinajstić information content (AvgIpc) is 3.38. The lowest BCUT2D eigenvalue weighted by atomic mass is 10.0. The molecule has 0 unspecified atom stereocenters. The van der Waals surface area contributed by atoms with Gasteiger partial charge in [-0.2, -0.15) is 30.6 Å². The maximum Gasteiger partial charge on any atom is 0.416 e. The van der Waals surface area contributed by atoms with E-state index in [0.717, 1.165) is 41.6 Å². The second-order valence-electron chi connectivity index (χ2n) is 10.7. The number of piperazine rings is 1. The van der Waals surface area contributed by atoms with Crippen molar-refractivity contribution < 1.29 is 34.8 Å². The highest BCUT2D eigenvalue weighted by molar-refractivity contribution is 7.89. The van der Waals surface area contributed by atoms with E-state index in [1.165, 1.54) is 10.4 Å². The lowest BCUT2D eigenvalue weighted by Gasteiger charge is -2.34. The molecule has 1 fully saturated rings. The third kappa shape index (κ3) is 6.33. The van der Waals surface area contributed by atoms with Gasteiger partial charge in [-0.15, -0.1) is 0 Å². The summed E-state index contributed by atoms with van der Waals surface area (Å²) in [5.41, 5.74) is 2.02. The van der Waals surface area contributed by atoms with Gasteiger partial charge in [-0.05, 0) is 53.6 Å². The van der Waals surface area contributed by atoms with Crippen molar-refractivity contribution in [2.45, 2.75) is 23.8 Å². The predicted molar refractivity (Wildman–Crippen MR) is 157 cm³/mol. The minimum atomic E-state index is -4.67. The first-order valence-electron chi connectivity index (χ1n) is 13.9. The Morgan fingerprint density at radius 3 is 1.96 bits per heavy atom. The first-order chi connectivity index (χ1) is 21.3. The summed E-state index contributed by atoms with van der Waals surface area (Å²) in [6.45, 7) is 1.06. The first kappa shape index (κ1) is 30.8. The molecule has 1 aliphatic heterocycles. The zero-order valence-corrected chi connectivity index (χ0v) is 24.4. The Morgan fingerprint density at radius 1 is 0.667 bits per heavy atom. The molecule has 234 valence electrons. The molecule has 5 aromatic rings. The third-order valence-electron chi connectivity index (χ3n) is 7.79. The molecule has 0 saturated carbocycles. The number of pyridine rings is 1. The van der Waals surface area contributed by atoms with Crippen LogP contribution in [0.4, 0.5) is 26.3 Å². The summed E-state index contributed by atoms with van der Waals surface area (Å²) in [4.78, 5) is 6.42. The maximum absolute atomic E-state index is 13.4. The van der Waals surface area contributed by atoms with E-state index >= 15 is 0 Å². The molecule has 0 bridgehead atoms. The van der Waals surface area contributed by atoms with Crippen LogP contribution in [0.25, 0.3) is 28.0 Å². The van der Waals surface area contributed by atoms with Crippen LogP contribution in [0.2, 0.25) is 0 Å². The second-order valence-corrected chi connectivity index (χ2v) is 12.6. The molecular formula is C32H26F6N4O2S. The number of alkyl halides is 6. The van der Waals surface area contributed by atoms with E-state index in [2.05, 4.69) is 0 Å². The van der Waals surface area contributed by atoms with Gasteiger partial charge in [0.15, 0.2) is 0 Å². The molecular weight excluding hydrogens is 618 g/mol. The second kappa shape index (κ2) is 11.6. The number of fused-ring (bicyclic) bond motifs is 1. The normalized spacial score (nSPS) is 15.5. The summed E-state index contributed by atoms with van der Waals surface area (Å²) >= 11 is 0. The molecule has 45 heavy (non-hydrogen) atoms. The number of halogens is 6. The van der Waals surface area contributed by atoms with Crippen LogP contribution in [0, 0.1) is 0 Å². The van der Waals surface area contributed by atoms with E-state index in [0.29, 0.717) is 48.2 Å². The zero-order valence-electron chi connectivity index (χ0n) is 23.6. The predicted octanol–water partition coefficient (Wildman–Crippen LogP) is 7.21. The number of sulfonamides is 1. The van der Waals surface area contributed by atoms with Crippen molar-refractivity contribution in [2.24, 2.45) is 0 Å². The Balaban J connectivity index is 1.29. The number of aromatic nitrogens is 2. The molecule has 2 aromatic heterocycles.